The molecule has 1 aromatic carbocycles. The SMILES string of the molecule is COCC(=O)N1CCC(NCCCc2ccccc2)CC1. The van der Waals surface area contributed by atoms with Crippen molar-refractivity contribution in [3.63, 3.8) is 0 Å². The molecule has 0 bridgehead atoms. The van der Waals surface area contributed by atoms with E-state index in [0.29, 0.717) is 6.04 Å². The first-order valence-electron chi connectivity index (χ1n) is 7.83. The fraction of sp³-hybridized carbons (Fsp3) is 0.588. The van der Waals surface area contributed by atoms with Crippen molar-refractivity contribution in [1.82, 2.24) is 10.2 Å². The van der Waals surface area contributed by atoms with Gasteiger partial charge in [0, 0.05) is 26.2 Å². The van der Waals surface area contributed by atoms with E-state index in [9.17, 15) is 4.79 Å². The number of carbonyl (C=O) groups is 1. The first-order chi connectivity index (χ1) is 10.3. The van der Waals surface area contributed by atoms with Crippen LogP contribution >= 0.6 is 0 Å². The molecular formula is C17H26N2O2. The number of hydrogen-bond donors (Lipinski definition) is 1. The molecule has 1 aliphatic heterocycles. The maximum absolute atomic E-state index is 11.7. The van der Waals surface area contributed by atoms with E-state index >= 15 is 0 Å². The number of hydrogen-bond acceptors (Lipinski definition) is 3. The summed E-state index contributed by atoms with van der Waals surface area (Å²) in [5.41, 5.74) is 1.40. The molecule has 1 heterocycles. The van der Waals surface area contributed by atoms with E-state index in [4.69, 9.17) is 4.74 Å². The molecule has 2 rings (SSSR count). The van der Waals surface area contributed by atoms with Gasteiger partial charge in [0.25, 0.3) is 0 Å². The normalized spacial score (nSPS) is 16.1. The van der Waals surface area contributed by atoms with E-state index in [1.165, 1.54) is 5.56 Å². The van der Waals surface area contributed by atoms with E-state index in [1.807, 2.05) is 4.90 Å². The summed E-state index contributed by atoms with van der Waals surface area (Å²) < 4.78 is 4.90. The zero-order valence-corrected chi connectivity index (χ0v) is 12.9. The lowest BCUT2D eigenvalue weighted by atomic mass is 10.0. The number of rotatable bonds is 7. The number of nitrogens with zero attached hydrogens (tertiary/aromatic N) is 1. The maximum Gasteiger partial charge on any atom is 0.248 e. The minimum atomic E-state index is 0.111. The quantitative estimate of drug-likeness (QED) is 0.779. The average molecular weight is 290 g/mol. The molecule has 0 unspecified atom stereocenters. The number of amides is 1. The Morgan fingerprint density at radius 3 is 2.67 bits per heavy atom. The van der Waals surface area contributed by atoms with Gasteiger partial charge in [-0.2, -0.15) is 0 Å². The predicted octanol–water partition coefficient (Wildman–Crippen LogP) is 1.85. The molecule has 1 fully saturated rings. The summed E-state index contributed by atoms with van der Waals surface area (Å²) in [6.07, 6.45) is 4.37. The van der Waals surface area contributed by atoms with E-state index in [-0.39, 0.29) is 12.5 Å². The molecule has 0 radical (unpaired) electrons. The number of likely N-dealkylation sites (tertiary alicyclic amines) is 1. The third kappa shape index (κ3) is 5.48. The summed E-state index contributed by atoms with van der Waals surface area (Å²) in [6, 6.07) is 11.2. The number of nitrogens with one attached hydrogen (secondary N) is 1. The fourth-order valence-electron chi connectivity index (χ4n) is 2.79. The first kappa shape index (κ1) is 16.0. The molecule has 4 nitrogen and oxygen atoms in total. The third-order valence-corrected chi connectivity index (χ3v) is 4.03. The highest BCUT2D eigenvalue weighted by Crippen LogP contribution is 2.11. The molecule has 21 heavy (non-hydrogen) atoms. The molecule has 0 spiro atoms. The van der Waals surface area contributed by atoms with Gasteiger partial charge in [-0.15, -0.1) is 0 Å². The smallest absolute Gasteiger partial charge is 0.248 e. The highest BCUT2D eigenvalue weighted by atomic mass is 16.5. The van der Waals surface area contributed by atoms with E-state index < -0.39 is 0 Å². The second kappa shape index (κ2) is 8.80. The van der Waals surface area contributed by atoms with Gasteiger partial charge in [0.05, 0.1) is 0 Å². The Kier molecular flexibility index (Phi) is 6.70. The standard InChI is InChI=1S/C17H26N2O2/c1-21-14-17(20)19-12-9-16(10-13-19)18-11-5-8-15-6-3-2-4-7-15/h2-4,6-7,16,18H,5,8-14H2,1H3. The molecule has 116 valence electrons. The third-order valence-electron chi connectivity index (χ3n) is 4.03. The molecule has 4 heteroatoms. The fourth-order valence-corrected chi connectivity index (χ4v) is 2.79. The van der Waals surface area contributed by atoms with Gasteiger partial charge < -0.3 is 15.0 Å². The Balaban J connectivity index is 1.58. The Labute approximate surface area is 127 Å². The van der Waals surface area contributed by atoms with Crippen LogP contribution in [0, 0.1) is 0 Å². The Bertz CT molecular complexity index is 414. The van der Waals surface area contributed by atoms with E-state index in [0.717, 1.165) is 45.3 Å². The summed E-state index contributed by atoms with van der Waals surface area (Å²) in [4.78, 5) is 13.6. The minimum absolute atomic E-state index is 0.111. The molecule has 1 saturated heterocycles. The summed E-state index contributed by atoms with van der Waals surface area (Å²) in [6.45, 7) is 2.94. The first-order valence-corrected chi connectivity index (χ1v) is 7.83. The topological polar surface area (TPSA) is 41.6 Å². The van der Waals surface area contributed by atoms with Gasteiger partial charge in [0.2, 0.25) is 5.91 Å². The van der Waals surface area contributed by atoms with Gasteiger partial charge in [0.1, 0.15) is 6.61 Å². The van der Waals surface area contributed by atoms with Gasteiger partial charge in [-0.1, -0.05) is 30.3 Å². The predicted molar refractivity (Wildman–Crippen MR) is 84.2 cm³/mol. The molecule has 0 aromatic heterocycles. The van der Waals surface area contributed by atoms with Gasteiger partial charge in [-0.05, 0) is 37.8 Å². The second-order valence-electron chi connectivity index (χ2n) is 5.63. The van der Waals surface area contributed by atoms with Crippen LogP contribution < -0.4 is 5.32 Å². The van der Waals surface area contributed by atoms with Crippen LogP contribution in [-0.4, -0.2) is 50.2 Å². The van der Waals surface area contributed by atoms with Crippen LogP contribution in [0.1, 0.15) is 24.8 Å². The maximum atomic E-state index is 11.7. The molecule has 0 atom stereocenters. The Hall–Kier alpha value is -1.39. The molecule has 1 aromatic rings. The van der Waals surface area contributed by atoms with Crippen molar-refractivity contribution in [1.29, 1.82) is 0 Å². The van der Waals surface area contributed by atoms with E-state index in [1.54, 1.807) is 7.11 Å². The molecular weight excluding hydrogens is 264 g/mol. The van der Waals surface area contributed by atoms with Crippen LogP contribution in [0.5, 0.6) is 0 Å². The van der Waals surface area contributed by atoms with Crippen LogP contribution in [0.3, 0.4) is 0 Å². The largest absolute Gasteiger partial charge is 0.375 e. The number of benzene rings is 1. The average Bonchev–Trinajstić information content (AvgIpc) is 2.53. The van der Waals surface area contributed by atoms with Crippen LogP contribution in [0.2, 0.25) is 0 Å². The van der Waals surface area contributed by atoms with Gasteiger partial charge in [0.15, 0.2) is 0 Å². The Morgan fingerprint density at radius 2 is 2.00 bits per heavy atom. The van der Waals surface area contributed by atoms with Gasteiger partial charge >= 0.3 is 0 Å². The van der Waals surface area contributed by atoms with Crippen LogP contribution in [0.4, 0.5) is 0 Å². The summed E-state index contributed by atoms with van der Waals surface area (Å²) in [5, 5.41) is 3.61. The highest BCUT2D eigenvalue weighted by molar-refractivity contribution is 5.77. The minimum Gasteiger partial charge on any atom is -0.375 e. The van der Waals surface area contributed by atoms with Crippen molar-refractivity contribution in [2.45, 2.75) is 31.7 Å². The number of ether oxygens (including phenoxy) is 1. The van der Waals surface area contributed by atoms with Crippen molar-refractivity contribution in [2.24, 2.45) is 0 Å². The number of methoxy groups -OCH3 is 1. The summed E-state index contributed by atoms with van der Waals surface area (Å²) in [5.74, 6) is 0.111. The van der Waals surface area contributed by atoms with Crippen molar-refractivity contribution >= 4 is 5.91 Å². The van der Waals surface area contributed by atoms with Crippen molar-refractivity contribution in [3.05, 3.63) is 35.9 Å². The van der Waals surface area contributed by atoms with Crippen molar-refractivity contribution in [2.75, 3.05) is 33.4 Å². The Morgan fingerprint density at radius 1 is 1.29 bits per heavy atom. The van der Waals surface area contributed by atoms with Gasteiger partial charge in [-0.25, -0.2) is 0 Å². The second-order valence-corrected chi connectivity index (χ2v) is 5.63. The molecule has 0 saturated carbocycles. The van der Waals surface area contributed by atoms with Crippen LogP contribution in [-0.2, 0) is 16.0 Å². The van der Waals surface area contributed by atoms with E-state index in [2.05, 4.69) is 35.6 Å². The highest BCUT2D eigenvalue weighted by Gasteiger charge is 2.21. The number of aryl methyl sites for hydroxylation is 1. The molecule has 0 aliphatic carbocycles. The van der Waals surface area contributed by atoms with Crippen LogP contribution in [0.15, 0.2) is 30.3 Å². The molecule has 1 N–H and O–H groups in total. The zero-order chi connectivity index (χ0) is 14.9. The van der Waals surface area contributed by atoms with Crippen molar-refractivity contribution < 1.29 is 9.53 Å². The number of piperidine rings is 1. The van der Waals surface area contributed by atoms with Crippen molar-refractivity contribution in [3.8, 4) is 0 Å². The lowest BCUT2D eigenvalue weighted by Gasteiger charge is -2.32. The number of carbonyl (C=O) groups excluding carboxylic acids is 1. The molecule has 1 amide bonds. The lowest BCUT2D eigenvalue weighted by Crippen LogP contribution is -2.46. The van der Waals surface area contributed by atoms with Crippen LogP contribution in [0.25, 0.3) is 0 Å². The zero-order valence-electron chi connectivity index (χ0n) is 12.9. The lowest BCUT2D eigenvalue weighted by molar-refractivity contribution is -0.136. The summed E-state index contributed by atoms with van der Waals surface area (Å²) >= 11 is 0. The monoisotopic (exact) mass is 290 g/mol. The molecule has 1 aliphatic rings. The van der Waals surface area contributed by atoms with Gasteiger partial charge in [-0.3, -0.25) is 4.79 Å². The summed E-state index contributed by atoms with van der Waals surface area (Å²) in [7, 11) is 1.57.